The highest BCUT2D eigenvalue weighted by atomic mass is 35.5. The van der Waals surface area contributed by atoms with Crippen molar-refractivity contribution in [3.63, 3.8) is 0 Å². The molecule has 0 saturated carbocycles. The first-order valence-corrected chi connectivity index (χ1v) is 12.3. The van der Waals surface area contributed by atoms with Crippen molar-refractivity contribution in [3.8, 4) is 0 Å². The van der Waals surface area contributed by atoms with E-state index < -0.39 is 24.0 Å². The van der Waals surface area contributed by atoms with E-state index in [4.69, 9.17) is 21.3 Å². The molecule has 0 radical (unpaired) electrons. The molecule has 1 fully saturated rings. The molecule has 182 valence electrons. The van der Waals surface area contributed by atoms with Gasteiger partial charge < -0.3 is 15.4 Å². The summed E-state index contributed by atoms with van der Waals surface area (Å²) in [5.41, 5.74) is 1.28. The van der Waals surface area contributed by atoms with Gasteiger partial charge in [-0.1, -0.05) is 17.7 Å². The molecule has 3 heterocycles. The van der Waals surface area contributed by atoms with Crippen molar-refractivity contribution in [3.05, 3.63) is 62.5 Å². The first-order chi connectivity index (χ1) is 16.4. The largest absolute Gasteiger partial charge is 0.463 e. The standard InChI is InChI=1S/C23H26ClF2N5O2S/c1-3-33-23(32)19-18(12-31-10-13(9-27-2)17(26)11-31)29-21(22-28-6-7-34-22)30-20(19)15-5-4-14(25)8-16(15)24/h4-8,13,17,20,27H,3,9-12H2,1-2H3,(H,29,30)/t13?,17?,20-/m0/s1. The average molecular weight is 510 g/mol. The number of carbonyl (C=O) groups excluding carboxylic acids is 1. The van der Waals surface area contributed by atoms with Gasteiger partial charge in [0.25, 0.3) is 0 Å². The average Bonchev–Trinajstić information content (AvgIpc) is 3.44. The summed E-state index contributed by atoms with van der Waals surface area (Å²) in [7, 11) is 1.80. The monoisotopic (exact) mass is 509 g/mol. The molecule has 2 unspecified atom stereocenters. The Morgan fingerprint density at radius 1 is 1.41 bits per heavy atom. The summed E-state index contributed by atoms with van der Waals surface area (Å²) < 4.78 is 33.7. The smallest absolute Gasteiger partial charge is 0.338 e. The fraction of sp³-hybridized carbons (Fsp3) is 0.435. The minimum atomic E-state index is -0.975. The molecule has 2 aromatic rings. The number of amidine groups is 1. The van der Waals surface area contributed by atoms with E-state index in [0.29, 0.717) is 35.2 Å². The lowest BCUT2D eigenvalue weighted by atomic mass is 9.95. The van der Waals surface area contributed by atoms with Gasteiger partial charge in [-0.05, 0) is 26.1 Å². The Morgan fingerprint density at radius 2 is 2.24 bits per heavy atom. The van der Waals surface area contributed by atoms with Gasteiger partial charge in [-0.2, -0.15) is 0 Å². The van der Waals surface area contributed by atoms with Crippen molar-refractivity contribution in [1.29, 1.82) is 0 Å². The Bertz CT molecular complexity index is 1100. The summed E-state index contributed by atoms with van der Waals surface area (Å²) >= 11 is 7.78. The minimum Gasteiger partial charge on any atom is -0.463 e. The number of nitrogens with zero attached hydrogens (tertiary/aromatic N) is 3. The third kappa shape index (κ3) is 5.30. The van der Waals surface area contributed by atoms with Crippen LogP contribution in [0.5, 0.6) is 0 Å². The Labute approximate surface area is 205 Å². The van der Waals surface area contributed by atoms with Gasteiger partial charge in [0.05, 0.1) is 12.2 Å². The fourth-order valence-electron chi connectivity index (χ4n) is 4.29. The third-order valence-corrected chi connectivity index (χ3v) is 6.91. The molecule has 1 saturated heterocycles. The number of esters is 1. The van der Waals surface area contributed by atoms with Crippen LogP contribution >= 0.6 is 22.9 Å². The number of nitrogens with one attached hydrogen (secondary N) is 2. The number of thiazole rings is 1. The highest BCUT2D eigenvalue weighted by molar-refractivity contribution is 7.11. The minimum absolute atomic E-state index is 0.144. The molecule has 34 heavy (non-hydrogen) atoms. The van der Waals surface area contributed by atoms with Crippen LogP contribution in [-0.2, 0) is 9.53 Å². The number of halogens is 3. The van der Waals surface area contributed by atoms with E-state index in [9.17, 15) is 13.6 Å². The van der Waals surface area contributed by atoms with E-state index in [1.165, 1.54) is 29.5 Å². The second-order valence-electron chi connectivity index (χ2n) is 8.15. The highest BCUT2D eigenvalue weighted by Crippen LogP contribution is 2.37. The number of carbonyl (C=O) groups is 1. The van der Waals surface area contributed by atoms with E-state index in [1.54, 1.807) is 20.2 Å². The molecule has 1 aromatic heterocycles. The summed E-state index contributed by atoms with van der Waals surface area (Å²) in [5.74, 6) is -0.726. The molecule has 3 atom stereocenters. The second-order valence-corrected chi connectivity index (χ2v) is 9.45. The van der Waals surface area contributed by atoms with Crippen LogP contribution in [0.3, 0.4) is 0 Å². The van der Waals surface area contributed by atoms with E-state index in [1.807, 2.05) is 10.3 Å². The highest BCUT2D eigenvalue weighted by Gasteiger charge is 2.37. The Kier molecular flexibility index (Phi) is 7.92. The molecular formula is C23H26ClF2N5O2S. The molecule has 11 heteroatoms. The number of likely N-dealkylation sites (tertiary alicyclic amines) is 1. The fourth-order valence-corrected chi connectivity index (χ4v) is 5.15. The predicted molar refractivity (Wildman–Crippen MR) is 128 cm³/mol. The van der Waals surface area contributed by atoms with Crippen molar-refractivity contribution in [2.24, 2.45) is 10.9 Å². The zero-order valence-corrected chi connectivity index (χ0v) is 20.4. The van der Waals surface area contributed by atoms with Crippen LogP contribution in [0.2, 0.25) is 5.02 Å². The lowest BCUT2D eigenvalue weighted by Crippen LogP contribution is -2.39. The lowest BCUT2D eigenvalue weighted by Gasteiger charge is -2.29. The quantitative estimate of drug-likeness (QED) is 0.531. The molecule has 4 rings (SSSR count). The summed E-state index contributed by atoms with van der Waals surface area (Å²) in [4.78, 5) is 24.2. The number of hydrogen-bond donors (Lipinski definition) is 2. The number of benzene rings is 1. The maximum Gasteiger partial charge on any atom is 0.338 e. The maximum absolute atomic E-state index is 14.6. The molecule has 2 aliphatic rings. The summed E-state index contributed by atoms with van der Waals surface area (Å²) in [6, 6.07) is 3.15. The number of aromatic nitrogens is 1. The molecule has 2 aliphatic heterocycles. The van der Waals surface area contributed by atoms with Crippen molar-refractivity contribution in [1.82, 2.24) is 20.5 Å². The Balaban J connectivity index is 1.77. The van der Waals surface area contributed by atoms with E-state index in [-0.39, 0.29) is 36.2 Å². The van der Waals surface area contributed by atoms with Crippen LogP contribution in [0.25, 0.3) is 0 Å². The Hall–Kier alpha value is -2.40. The van der Waals surface area contributed by atoms with E-state index in [0.717, 1.165) is 0 Å². The third-order valence-electron chi connectivity index (χ3n) is 5.80. The second kappa shape index (κ2) is 10.9. The zero-order valence-electron chi connectivity index (χ0n) is 18.9. The molecule has 7 nitrogen and oxygen atoms in total. The van der Waals surface area contributed by atoms with Gasteiger partial charge in [0.1, 0.15) is 18.0 Å². The number of aliphatic imine (C=N–C) groups is 1. The van der Waals surface area contributed by atoms with E-state index in [2.05, 4.69) is 15.6 Å². The van der Waals surface area contributed by atoms with Crippen LogP contribution in [-0.4, -0.2) is 67.7 Å². The van der Waals surface area contributed by atoms with Crippen LogP contribution in [0.15, 0.2) is 46.0 Å². The maximum atomic E-state index is 14.6. The number of alkyl halides is 1. The van der Waals surface area contributed by atoms with E-state index >= 15 is 0 Å². The van der Waals surface area contributed by atoms with Gasteiger partial charge >= 0.3 is 5.97 Å². The van der Waals surface area contributed by atoms with Crippen molar-refractivity contribution >= 4 is 34.7 Å². The van der Waals surface area contributed by atoms with Crippen LogP contribution in [0, 0.1) is 11.7 Å². The molecule has 0 amide bonds. The summed E-state index contributed by atoms with van der Waals surface area (Å²) in [6.07, 6.45) is 0.683. The van der Waals surface area contributed by atoms with Gasteiger partial charge in [0, 0.05) is 60.0 Å². The predicted octanol–water partition coefficient (Wildman–Crippen LogP) is 3.33. The van der Waals surface area contributed by atoms with Gasteiger partial charge in [-0.15, -0.1) is 11.3 Å². The van der Waals surface area contributed by atoms with Crippen LogP contribution in [0.4, 0.5) is 8.78 Å². The van der Waals surface area contributed by atoms with Crippen molar-refractivity contribution in [2.45, 2.75) is 19.1 Å². The van der Waals surface area contributed by atoms with Crippen LogP contribution < -0.4 is 10.6 Å². The zero-order chi connectivity index (χ0) is 24.2. The van der Waals surface area contributed by atoms with Crippen molar-refractivity contribution in [2.75, 3.05) is 39.8 Å². The molecule has 1 aromatic carbocycles. The molecule has 2 N–H and O–H groups in total. The molecule has 0 spiro atoms. The normalized spacial score (nSPS) is 23.1. The van der Waals surface area contributed by atoms with Gasteiger partial charge in [-0.25, -0.2) is 18.6 Å². The molecule has 0 bridgehead atoms. The molecule has 0 aliphatic carbocycles. The first-order valence-electron chi connectivity index (χ1n) is 11.0. The lowest BCUT2D eigenvalue weighted by molar-refractivity contribution is -0.139. The number of ether oxygens (including phenoxy) is 1. The molecular weight excluding hydrogens is 484 g/mol. The SMILES string of the molecule is CCOC(=O)C1=C(CN2CC(F)C(CNC)C2)NC(c2nccs2)=N[C@H]1c1ccc(F)cc1Cl. The van der Waals surface area contributed by atoms with Gasteiger partial charge in [-0.3, -0.25) is 9.89 Å². The van der Waals surface area contributed by atoms with Gasteiger partial charge in [0.15, 0.2) is 10.8 Å². The number of hydrogen-bond acceptors (Lipinski definition) is 8. The Morgan fingerprint density at radius 3 is 2.91 bits per heavy atom. The van der Waals surface area contributed by atoms with Crippen molar-refractivity contribution < 1.29 is 18.3 Å². The van der Waals surface area contributed by atoms with Crippen LogP contribution in [0.1, 0.15) is 23.5 Å². The first kappa shape index (κ1) is 24.7. The topological polar surface area (TPSA) is 78.9 Å². The number of rotatable bonds is 8. The summed E-state index contributed by atoms with van der Waals surface area (Å²) in [5, 5.41) is 8.87. The summed E-state index contributed by atoms with van der Waals surface area (Å²) in [6.45, 7) is 3.52. The van der Waals surface area contributed by atoms with Gasteiger partial charge in [0.2, 0.25) is 0 Å².